The Morgan fingerprint density at radius 1 is 1.29 bits per heavy atom. The molecule has 2 aromatic rings. The third kappa shape index (κ3) is 5.26. The van der Waals surface area contributed by atoms with Gasteiger partial charge in [-0.2, -0.15) is 0 Å². The lowest BCUT2D eigenvalue weighted by Gasteiger charge is -2.19. The minimum Gasteiger partial charge on any atom is -0.496 e. The zero-order valence-corrected chi connectivity index (χ0v) is 15.4. The molecule has 0 bridgehead atoms. The second kappa shape index (κ2) is 7.70. The Kier molecular flexibility index (Phi) is 5.88. The second-order valence-corrected chi connectivity index (χ2v) is 7.31. The van der Waals surface area contributed by atoms with E-state index in [-0.39, 0.29) is 12.4 Å². The summed E-state index contributed by atoms with van der Waals surface area (Å²) in [5.41, 5.74) is 1.36. The summed E-state index contributed by atoms with van der Waals surface area (Å²) in [6.45, 7) is 7.52. The Morgan fingerprint density at radius 2 is 2.04 bits per heavy atom. The number of esters is 1. The summed E-state index contributed by atoms with van der Waals surface area (Å²) >= 11 is 1.32. The third-order valence-electron chi connectivity index (χ3n) is 2.95. The Morgan fingerprint density at radius 3 is 2.71 bits per heavy atom. The van der Waals surface area contributed by atoms with Gasteiger partial charge in [-0.1, -0.05) is 17.8 Å². The highest BCUT2D eigenvalue weighted by Gasteiger charge is 2.17. The van der Waals surface area contributed by atoms with Crippen LogP contribution in [0.1, 0.15) is 32.8 Å². The van der Waals surface area contributed by atoms with Gasteiger partial charge in [0.1, 0.15) is 11.4 Å². The normalized spacial score (nSPS) is 11.4. The van der Waals surface area contributed by atoms with E-state index in [0.29, 0.717) is 22.6 Å². The van der Waals surface area contributed by atoms with E-state index in [9.17, 15) is 4.79 Å². The van der Waals surface area contributed by atoms with Crippen molar-refractivity contribution in [2.45, 2.75) is 44.9 Å². The third-order valence-corrected chi connectivity index (χ3v) is 3.77. The number of hydrogen-bond donors (Lipinski definition) is 0. The van der Waals surface area contributed by atoms with Crippen LogP contribution in [0.25, 0.3) is 11.5 Å². The lowest BCUT2D eigenvalue weighted by Crippen LogP contribution is -2.23. The van der Waals surface area contributed by atoms with Gasteiger partial charge in [0.2, 0.25) is 0 Å². The van der Waals surface area contributed by atoms with Gasteiger partial charge in [0, 0.05) is 5.75 Å². The molecule has 0 N–H and O–H groups in total. The minimum atomic E-state index is -0.471. The summed E-state index contributed by atoms with van der Waals surface area (Å²) in [6, 6.07) is 5.75. The molecule has 24 heavy (non-hydrogen) atoms. The topological polar surface area (TPSA) is 74.5 Å². The largest absolute Gasteiger partial charge is 0.496 e. The molecule has 1 aromatic carbocycles. The first kappa shape index (κ1) is 18.3. The van der Waals surface area contributed by atoms with Crippen molar-refractivity contribution in [3.05, 3.63) is 23.8 Å². The predicted molar refractivity (Wildman–Crippen MR) is 92.2 cm³/mol. The van der Waals surface area contributed by atoms with Gasteiger partial charge in [-0.15, -0.1) is 10.2 Å². The molecule has 7 heteroatoms. The van der Waals surface area contributed by atoms with Crippen molar-refractivity contribution in [2.75, 3.05) is 12.9 Å². The lowest BCUT2D eigenvalue weighted by atomic mass is 10.1. The van der Waals surface area contributed by atoms with Crippen molar-refractivity contribution >= 4 is 17.7 Å². The van der Waals surface area contributed by atoms with Gasteiger partial charge < -0.3 is 13.9 Å². The Labute approximate surface area is 145 Å². The van der Waals surface area contributed by atoms with Crippen LogP contribution in [0, 0.1) is 6.92 Å². The fourth-order valence-corrected chi connectivity index (χ4v) is 2.65. The van der Waals surface area contributed by atoms with Crippen LogP contribution in [0.3, 0.4) is 0 Å². The molecule has 6 nitrogen and oxygen atoms in total. The molecule has 0 atom stereocenters. The molecule has 0 amide bonds. The average Bonchev–Trinajstić information content (AvgIpc) is 2.93. The number of ether oxygens (including phenoxy) is 2. The van der Waals surface area contributed by atoms with Gasteiger partial charge in [0.25, 0.3) is 11.1 Å². The number of nitrogens with zero attached hydrogens (tertiary/aromatic N) is 2. The smallest absolute Gasteiger partial charge is 0.307 e. The number of methoxy groups -OCH3 is 1. The van der Waals surface area contributed by atoms with Crippen molar-refractivity contribution in [3.8, 4) is 17.2 Å². The molecule has 0 aliphatic heterocycles. The number of aryl methyl sites for hydroxylation is 1. The van der Waals surface area contributed by atoms with Crippen LogP contribution >= 0.6 is 11.8 Å². The molecule has 0 radical (unpaired) electrons. The number of benzene rings is 1. The Balaban J connectivity index is 1.95. The fraction of sp³-hybridized carbons (Fsp3) is 0.471. The number of carbonyl (C=O) groups is 1. The molecule has 2 rings (SSSR count). The van der Waals surface area contributed by atoms with Crippen LogP contribution in [0.15, 0.2) is 27.8 Å². The second-order valence-electron chi connectivity index (χ2n) is 6.26. The summed E-state index contributed by atoms with van der Waals surface area (Å²) in [6.07, 6.45) is 0.285. The average molecular weight is 350 g/mol. The van der Waals surface area contributed by atoms with Gasteiger partial charge >= 0.3 is 5.97 Å². The maximum atomic E-state index is 11.7. The predicted octanol–water partition coefficient (Wildman–Crippen LogP) is 3.88. The number of rotatable bonds is 6. The zero-order chi connectivity index (χ0) is 17.7. The quantitative estimate of drug-likeness (QED) is 0.578. The molecule has 0 unspecified atom stereocenters. The van der Waals surface area contributed by atoms with Gasteiger partial charge in [0.05, 0.1) is 19.1 Å². The van der Waals surface area contributed by atoms with Crippen molar-refractivity contribution in [1.29, 1.82) is 0 Å². The molecule has 0 aliphatic rings. The highest BCUT2D eigenvalue weighted by molar-refractivity contribution is 7.99. The Bertz CT molecular complexity index is 707. The first-order chi connectivity index (χ1) is 11.3. The summed E-state index contributed by atoms with van der Waals surface area (Å²) in [4.78, 5) is 11.7. The Hall–Kier alpha value is -2.02. The molecule has 0 fully saturated rings. The molecule has 0 saturated heterocycles. The molecule has 0 spiro atoms. The SMILES string of the molecule is COc1cc(C)ccc1-c1nnc(SCCC(=O)OC(C)(C)C)o1. The van der Waals surface area contributed by atoms with E-state index in [2.05, 4.69) is 10.2 Å². The first-order valence-electron chi connectivity index (χ1n) is 7.61. The van der Waals surface area contributed by atoms with Crippen molar-refractivity contribution in [3.63, 3.8) is 0 Å². The van der Waals surface area contributed by atoms with Crippen LogP contribution in [0.2, 0.25) is 0 Å². The summed E-state index contributed by atoms with van der Waals surface area (Å²) in [5.74, 6) is 1.35. The molecular formula is C17H22N2O4S. The van der Waals surface area contributed by atoms with Crippen molar-refractivity contribution in [1.82, 2.24) is 10.2 Å². The molecule has 0 aliphatic carbocycles. The minimum absolute atomic E-state index is 0.241. The first-order valence-corrected chi connectivity index (χ1v) is 8.60. The number of hydrogen-bond acceptors (Lipinski definition) is 7. The van der Waals surface area contributed by atoms with E-state index in [1.165, 1.54) is 11.8 Å². The van der Waals surface area contributed by atoms with Gasteiger partial charge in [-0.25, -0.2) is 0 Å². The van der Waals surface area contributed by atoms with E-state index >= 15 is 0 Å². The van der Waals surface area contributed by atoms with Crippen molar-refractivity contribution in [2.24, 2.45) is 0 Å². The summed E-state index contributed by atoms with van der Waals surface area (Å²) < 4.78 is 16.3. The zero-order valence-electron chi connectivity index (χ0n) is 14.6. The highest BCUT2D eigenvalue weighted by atomic mass is 32.2. The van der Waals surface area contributed by atoms with Crippen LogP contribution in [0.5, 0.6) is 5.75 Å². The van der Waals surface area contributed by atoms with Crippen LogP contribution in [-0.2, 0) is 9.53 Å². The van der Waals surface area contributed by atoms with Crippen LogP contribution in [-0.4, -0.2) is 34.6 Å². The van der Waals surface area contributed by atoms with Gasteiger partial charge in [-0.05, 0) is 45.4 Å². The molecule has 130 valence electrons. The number of carbonyl (C=O) groups excluding carboxylic acids is 1. The maximum Gasteiger partial charge on any atom is 0.307 e. The summed E-state index contributed by atoms with van der Waals surface area (Å²) in [7, 11) is 1.60. The molecule has 1 heterocycles. The standard InChI is InChI=1S/C17H22N2O4S/c1-11-6-7-12(13(10-11)21-5)15-18-19-16(22-15)24-9-8-14(20)23-17(2,3)4/h6-7,10H,8-9H2,1-5H3. The highest BCUT2D eigenvalue weighted by Crippen LogP contribution is 2.31. The fourth-order valence-electron chi connectivity index (χ4n) is 1.97. The van der Waals surface area contributed by atoms with Crippen molar-refractivity contribution < 1.29 is 18.7 Å². The van der Waals surface area contributed by atoms with Gasteiger partial charge in [-0.3, -0.25) is 4.79 Å². The monoisotopic (exact) mass is 350 g/mol. The van der Waals surface area contributed by atoms with E-state index < -0.39 is 5.60 Å². The molecular weight excluding hydrogens is 328 g/mol. The summed E-state index contributed by atoms with van der Waals surface area (Å²) in [5, 5.41) is 8.46. The van der Waals surface area contributed by atoms with E-state index in [1.54, 1.807) is 7.11 Å². The maximum absolute atomic E-state index is 11.7. The molecule has 0 saturated carbocycles. The van der Waals surface area contributed by atoms with E-state index in [0.717, 1.165) is 11.1 Å². The van der Waals surface area contributed by atoms with Crippen LogP contribution in [0.4, 0.5) is 0 Å². The molecule has 1 aromatic heterocycles. The van der Waals surface area contributed by atoms with Crippen LogP contribution < -0.4 is 4.74 Å². The number of aromatic nitrogens is 2. The lowest BCUT2D eigenvalue weighted by molar-refractivity contribution is -0.154. The van der Waals surface area contributed by atoms with E-state index in [1.807, 2.05) is 45.9 Å². The van der Waals surface area contributed by atoms with E-state index in [4.69, 9.17) is 13.9 Å². The number of thioether (sulfide) groups is 1. The van der Waals surface area contributed by atoms with Gasteiger partial charge in [0.15, 0.2) is 0 Å².